The number of rotatable bonds is 5. The number of dihydropyridines is 1. The number of phenolic OH excluding ortho intramolecular Hbond substituents is 1. The highest BCUT2D eigenvalue weighted by atomic mass is 16.5. The zero-order valence-corrected chi connectivity index (χ0v) is 21.7. The number of nitrogens with one attached hydrogen (secondary N) is 1. The zero-order valence-electron chi connectivity index (χ0n) is 21.7. The number of benzene rings is 1. The average Bonchev–Trinajstić information content (AvgIpc) is 2.65. The van der Waals surface area contributed by atoms with E-state index in [0.29, 0.717) is 22.5 Å². The van der Waals surface area contributed by atoms with Crippen molar-refractivity contribution in [1.29, 1.82) is 0 Å². The molecule has 0 spiro atoms. The summed E-state index contributed by atoms with van der Waals surface area (Å²) in [7, 11) is 0. The fraction of sp³-hybridized carbons (Fsp3) is 0.556. The molecule has 0 radical (unpaired) electrons. The van der Waals surface area contributed by atoms with E-state index in [2.05, 4.69) is 5.32 Å². The van der Waals surface area contributed by atoms with Gasteiger partial charge in [-0.1, -0.05) is 53.7 Å². The fourth-order valence-corrected chi connectivity index (χ4v) is 4.25. The van der Waals surface area contributed by atoms with Gasteiger partial charge in [0.1, 0.15) is 5.75 Å². The third-order valence-corrected chi connectivity index (χ3v) is 5.83. The number of carbonyl (C=O) groups excluding carboxylic acids is 2. The van der Waals surface area contributed by atoms with E-state index in [1.54, 1.807) is 27.7 Å². The summed E-state index contributed by atoms with van der Waals surface area (Å²) in [5, 5.41) is 14.4. The summed E-state index contributed by atoms with van der Waals surface area (Å²) < 4.78 is 10.8. The van der Waals surface area contributed by atoms with Crippen LogP contribution in [-0.4, -0.2) is 30.3 Å². The SMILES string of the molecule is CCOC(=O)C1=C(C)NC(C)=C(C(=O)OCC)C1c1cc(C(C)(C)C)c(O)c(C(C)(C)C)c1. The van der Waals surface area contributed by atoms with Crippen molar-refractivity contribution in [2.45, 2.75) is 86.0 Å². The minimum atomic E-state index is -0.688. The van der Waals surface area contributed by atoms with Crippen molar-refractivity contribution in [3.8, 4) is 5.75 Å². The lowest BCUT2D eigenvalue weighted by Crippen LogP contribution is -2.33. The number of ether oxygens (including phenoxy) is 2. The number of hydrogen-bond donors (Lipinski definition) is 2. The first kappa shape index (κ1) is 26.5. The van der Waals surface area contributed by atoms with Gasteiger partial charge in [0.15, 0.2) is 0 Å². The smallest absolute Gasteiger partial charge is 0.336 e. The summed E-state index contributed by atoms with van der Waals surface area (Å²) >= 11 is 0. The molecule has 0 saturated carbocycles. The first-order chi connectivity index (χ1) is 15.1. The van der Waals surface area contributed by atoms with Crippen molar-refractivity contribution >= 4 is 11.9 Å². The standard InChI is InChI=1S/C27H39NO5/c1-11-32-24(30)20-15(3)28-16(4)21(25(31)33-12-2)22(20)17-13-18(26(5,6)7)23(29)19(14-17)27(8,9)10/h13-14,22,28-29H,11-12H2,1-10H3. The Morgan fingerprint density at radius 1 is 0.848 bits per heavy atom. The van der Waals surface area contributed by atoms with Gasteiger partial charge >= 0.3 is 11.9 Å². The molecule has 1 aliphatic heterocycles. The van der Waals surface area contributed by atoms with Crippen LogP contribution in [0.4, 0.5) is 0 Å². The Labute approximate surface area is 198 Å². The summed E-state index contributed by atoms with van der Waals surface area (Å²) in [6.45, 7) is 19.7. The molecule has 1 aromatic carbocycles. The molecular formula is C27H39NO5. The van der Waals surface area contributed by atoms with E-state index in [4.69, 9.17) is 9.47 Å². The van der Waals surface area contributed by atoms with Crippen LogP contribution in [0.25, 0.3) is 0 Å². The number of phenols is 1. The molecule has 0 fully saturated rings. The lowest BCUT2D eigenvalue weighted by Gasteiger charge is -2.33. The molecule has 0 amide bonds. The molecule has 0 saturated heterocycles. The van der Waals surface area contributed by atoms with Crippen LogP contribution in [0.15, 0.2) is 34.7 Å². The highest BCUT2D eigenvalue weighted by Crippen LogP contribution is 2.45. The number of aromatic hydroxyl groups is 1. The summed E-state index contributed by atoms with van der Waals surface area (Å²) in [5.74, 6) is -1.41. The Balaban J connectivity index is 2.95. The summed E-state index contributed by atoms with van der Waals surface area (Å²) in [6, 6.07) is 3.80. The number of esters is 2. The van der Waals surface area contributed by atoms with Gasteiger partial charge in [-0.2, -0.15) is 0 Å². The minimum absolute atomic E-state index is 0.218. The van der Waals surface area contributed by atoms with Crippen molar-refractivity contribution in [2.24, 2.45) is 0 Å². The summed E-state index contributed by atoms with van der Waals surface area (Å²) in [6.07, 6.45) is 0. The third kappa shape index (κ3) is 5.43. The maximum absolute atomic E-state index is 13.1. The van der Waals surface area contributed by atoms with E-state index >= 15 is 0 Å². The maximum Gasteiger partial charge on any atom is 0.336 e. The van der Waals surface area contributed by atoms with E-state index in [1.807, 2.05) is 53.7 Å². The molecule has 6 nitrogen and oxygen atoms in total. The van der Waals surface area contributed by atoms with Crippen molar-refractivity contribution in [3.05, 3.63) is 51.4 Å². The normalized spacial score (nSPS) is 15.5. The van der Waals surface area contributed by atoms with E-state index < -0.39 is 17.9 Å². The molecule has 33 heavy (non-hydrogen) atoms. The van der Waals surface area contributed by atoms with Gasteiger partial charge in [0.25, 0.3) is 0 Å². The number of carbonyl (C=O) groups is 2. The summed E-state index contributed by atoms with van der Waals surface area (Å²) in [4.78, 5) is 26.2. The molecule has 0 aliphatic carbocycles. The van der Waals surface area contributed by atoms with Gasteiger partial charge < -0.3 is 19.9 Å². The Hall–Kier alpha value is -2.76. The predicted molar refractivity (Wildman–Crippen MR) is 130 cm³/mol. The number of hydrogen-bond acceptors (Lipinski definition) is 6. The van der Waals surface area contributed by atoms with Crippen LogP contribution in [0.5, 0.6) is 5.75 Å². The van der Waals surface area contributed by atoms with Crippen molar-refractivity contribution in [3.63, 3.8) is 0 Å². The quantitative estimate of drug-likeness (QED) is 0.580. The van der Waals surface area contributed by atoms with Gasteiger partial charge in [-0.25, -0.2) is 9.59 Å². The van der Waals surface area contributed by atoms with Crippen molar-refractivity contribution < 1.29 is 24.2 Å². The highest BCUT2D eigenvalue weighted by Gasteiger charge is 2.39. The van der Waals surface area contributed by atoms with Crippen LogP contribution < -0.4 is 5.32 Å². The fourth-order valence-electron chi connectivity index (χ4n) is 4.25. The molecule has 2 N–H and O–H groups in total. The van der Waals surface area contributed by atoms with Crippen molar-refractivity contribution in [2.75, 3.05) is 13.2 Å². The van der Waals surface area contributed by atoms with E-state index in [-0.39, 0.29) is 29.8 Å². The molecule has 1 heterocycles. The van der Waals surface area contributed by atoms with Crippen LogP contribution >= 0.6 is 0 Å². The first-order valence-electron chi connectivity index (χ1n) is 11.6. The second-order valence-electron chi connectivity index (χ2n) is 10.5. The molecule has 182 valence electrons. The molecule has 0 atom stereocenters. The molecule has 1 aliphatic rings. The first-order valence-corrected chi connectivity index (χ1v) is 11.6. The van der Waals surface area contributed by atoms with Gasteiger partial charge in [0.2, 0.25) is 0 Å². The molecule has 6 heteroatoms. The molecule has 0 bridgehead atoms. The molecule has 0 unspecified atom stereocenters. The van der Waals surface area contributed by atoms with E-state index in [9.17, 15) is 14.7 Å². The highest BCUT2D eigenvalue weighted by molar-refractivity contribution is 6.00. The predicted octanol–water partition coefficient (Wildman–Crippen LogP) is 5.35. The second kappa shape index (κ2) is 9.62. The van der Waals surface area contributed by atoms with E-state index in [1.165, 1.54) is 0 Å². The average molecular weight is 458 g/mol. The molecule has 0 aromatic heterocycles. The lowest BCUT2D eigenvalue weighted by atomic mass is 9.73. The monoisotopic (exact) mass is 457 g/mol. The van der Waals surface area contributed by atoms with Gasteiger partial charge in [0, 0.05) is 11.4 Å². The third-order valence-electron chi connectivity index (χ3n) is 5.83. The van der Waals surface area contributed by atoms with E-state index in [0.717, 1.165) is 16.7 Å². The lowest BCUT2D eigenvalue weighted by molar-refractivity contribution is -0.139. The Bertz CT molecular complexity index is 927. The Kier molecular flexibility index (Phi) is 7.72. The molecule has 1 aromatic rings. The Morgan fingerprint density at radius 3 is 1.52 bits per heavy atom. The van der Waals surface area contributed by atoms with Crippen LogP contribution in [0.1, 0.15) is 91.8 Å². The second-order valence-corrected chi connectivity index (χ2v) is 10.5. The number of allylic oxidation sites excluding steroid dienone is 2. The maximum atomic E-state index is 13.1. The van der Waals surface area contributed by atoms with Gasteiger partial charge in [-0.3, -0.25) is 0 Å². The zero-order chi connectivity index (χ0) is 25.3. The van der Waals surface area contributed by atoms with Crippen LogP contribution in [0, 0.1) is 0 Å². The van der Waals surface area contributed by atoms with Gasteiger partial charge in [-0.15, -0.1) is 0 Å². The van der Waals surface area contributed by atoms with Crippen LogP contribution in [0.2, 0.25) is 0 Å². The van der Waals surface area contributed by atoms with Crippen LogP contribution in [-0.2, 0) is 29.9 Å². The molecule has 2 rings (SSSR count). The largest absolute Gasteiger partial charge is 0.507 e. The Morgan fingerprint density at radius 2 is 1.21 bits per heavy atom. The van der Waals surface area contributed by atoms with Crippen molar-refractivity contribution in [1.82, 2.24) is 5.32 Å². The van der Waals surface area contributed by atoms with Gasteiger partial charge in [-0.05, 0) is 55.2 Å². The minimum Gasteiger partial charge on any atom is -0.507 e. The van der Waals surface area contributed by atoms with Crippen LogP contribution in [0.3, 0.4) is 0 Å². The van der Waals surface area contributed by atoms with Gasteiger partial charge in [0.05, 0.1) is 30.3 Å². The summed E-state index contributed by atoms with van der Waals surface area (Å²) in [5.41, 5.74) is 3.53. The molecular weight excluding hydrogens is 418 g/mol. The topological polar surface area (TPSA) is 84.9 Å².